The van der Waals surface area contributed by atoms with E-state index in [1.54, 1.807) is 36.4 Å². The largest absolute Gasteiger partial charge is 0.489 e. The SMILES string of the molecule is CC(=O)Oc1cc(OCc2cccc3ccccc23)ccc1Nc1c(Cl)cccc1Cl. The van der Waals surface area contributed by atoms with E-state index in [1.807, 2.05) is 24.3 Å². The minimum absolute atomic E-state index is 0.318. The summed E-state index contributed by atoms with van der Waals surface area (Å²) in [5.41, 5.74) is 2.14. The van der Waals surface area contributed by atoms with E-state index in [0.717, 1.165) is 16.3 Å². The highest BCUT2D eigenvalue weighted by molar-refractivity contribution is 6.39. The molecule has 0 fully saturated rings. The highest BCUT2D eigenvalue weighted by Crippen LogP contribution is 2.37. The van der Waals surface area contributed by atoms with Crippen LogP contribution in [-0.2, 0) is 11.4 Å². The first-order chi connectivity index (χ1) is 15.0. The normalized spacial score (nSPS) is 10.7. The Morgan fingerprint density at radius 3 is 2.39 bits per heavy atom. The summed E-state index contributed by atoms with van der Waals surface area (Å²) >= 11 is 12.5. The van der Waals surface area contributed by atoms with Gasteiger partial charge in [0.1, 0.15) is 12.4 Å². The van der Waals surface area contributed by atoms with Crippen LogP contribution in [0.15, 0.2) is 78.9 Å². The van der Waals surface area contributed by atoms with Crippen LogP contribution in [-0.4, -0.2) is 5.97 Å². The molecular weight excluding hydrogens is 433 g/mol. The molecule has 0 radical (unpaired) electrons. The number of ether oxygens (including phenoxy) is 2. The first-order valence-electron chi connectivity index (χ1n) is 9.64. The van der Waals surface area contributed by atoms with Crippen molar-refractivity contribution in [3.8, 4) is 11.5 Å². The molecule has 156 valence electrons. The molecule has 4 aromatic carbocycles. The van der Waals surface area contributed by atoms with Crippen molar-refractivity contribution in [2.24, 2.45) is 0 Å². The Kier molecular flexibility index (Phi) is 6.31. The Morgan fingerprint density at radius 1 is 0.903 bits per heavy atom. The minimum Gasteiger partial charge on any atom is -0.489 e. The van der Waals surface area contributed by atoms with E-state index >= 15 is 0 Å². The van der Waals surface area contributed by atoms with Crippen molar-refractivity contribution in [2.75, 3.05) is 5.32 Å². The molecule has 4 nitrogen and oxygen atoms in total. The molecule has 0 aromatic heterocycles. The molecule has 0 atom stereocenters. The Labute approximate surface area is 190 Å². The Morgan fingerprint density at radius 2 is 1.61 bits per heavy atom. The summed E-state index contributed by atoms with van der Waals surface area (Å²) < 4.78 is 11.4. The summed E-state index contributed by atoms with van der Waals surface area (Å²) in [4.78, 5) is 11.6. The second-order valence-corrected chi connectivity index (χ2v) is 7.71. The number of fused-ring (bicyclic) bond motifs is 1. The highest BCUT2D eigenvalue weighted by atomic mass is 35.5. The van der Waals surface area contributed by atoms with Crippen LogP contribution in [0.25, 0.3) is 10.8 Å². The smallest absolute Gasteiger partial charge is 0.308 e. The third-order valence-electron chi connectivity index (χ3n) is 4.70. The average Bonchev–Trinajstić information content (AvgIpc) is 2.75. The molecule has 0 aliphatic heterocycles. The molecule has 0 aliphatic carbocycles. The topological polar surface area (TPSA) is 47.6 Å². The van der Waals surface area contributed by atoms with Crippen LogP contribution in [0.4, 0.5) is 11.4 Å². The van der Waals surface area contributed by atoms with Gasteiger partial charge in [0.2, 0.25) is 0 Å². The van der Waals surface area contributed by atoms with Gasteiger partial charge < -0.3 is 14.8 Å². The first kappa shape index (κ1) is 21.0. The standard InChI is InChI=1S/C25H19Cl2NO3/c1-16(29)31-24-14-19(12-13-23(24)28-25-21(26)10-5-11-22(25)27)30-15-18-8-4-7-17-6-2-3-9-20(17)18/h2-14,28H,15H2,1H3. The molecular formula is C25H19Cl2NO3. The predicted molar refractivity (Wildman–Crippen MR) is 126 cm³/mol. The second kappa shape index (κ2) is 9.29. The number of halogens is 2. The summed E-state index contributed by atoms with van der Waals surface area (Å²) in [5, 5.41) is 6.34. The first-order valence-corrected chi connectivity index (χ1v) is 10.4. The van der Waals surface area contributed by atoms with E-state index in [4.69, 9.17) is 32.7 Å². The number of benzene rings is 4. The molecule has 0 heterocycles. The van der Waals surface area contributed by atoms with Gasteiger partial charge in [-0.15, -0.1) is 0 Å². The van der Waals surface area contributed by atoms with Crippen molar-refractivity contribution >= 4 is 51.3 Å². The number of para-hydroxylation sites is 1. The van der Waals surface area contributed by atoms with Crippen molar-refractivity contribution in [3.63, 3.8) is 0 Å². The number of rotatable bonds is 6. The van der Waals surface area contributed by atoms with Gasteiger partial charge in [-0.3, -0.25) is 4.79 Å². The number of carbonyl (C=O) groups excluding carboxylic acids is 1. The number of hydrogen-bond donors (Lipinski definition) is 1. The number of hydrogen-bond acceptors (Lipinski definition) is 4. The van der Waals surface area contributed by atoms with Gasteiger partial charge in [-0.05, 0) is 40.6 Å². The van der Waals surface area contributed by atoms with Crippen molar-refractivity contribution in [1.29, 1.82) is 0 Å². The maximum Gasteiger partial charge on any atom is 0.308 e. The van der Waals surface area contributed by atoms with Crippen LogP contribution >= 0.6 is 23.2 Å². The zero-order valence-electron chi connectivity index (χ0n) is 16.7. The van der Waals surface area contributed by atoms with E-state index in [0.29, 0.717) is 39.5 Å². The van der Waals surface area contributed by atoms with Crippen molar-refractivity contribution in [2.45, 2.75) is 13.5 Å². The van der Waals surface area contributed by atoms with Gasteiger partial charge >= 0.3 is 5.97 Å². The lowest BCUT2D eigenvalue weighted by Crippen LogP contribution is -2.05. The average molecular weight is 452 g/mol. The molecule has 0 spiro atoms. The molecule has 0 aliphatic rings. The molecule has 6 heteroatoms. The van der Waals surface area contributed by atoms with Crippen LogP contribution < -0.4 is 14.8 Å². The summed E-state index contributed by atoms with van der Waals surface area (Å²) in [7, 11) is 0. The molecule has 1 N–H and O–H groups in total. The summed E-state index contributed by atoms with van der Waals surface area (Å²) in [6, 6.07) is 24.7. The molecule has 0 saturated heterocycles. The van der Waals surface area contributed by atoms with E-state index in [9.17, 15) is 4.79 Å². The second-order valence-electron chi connectivity index (χ2n) is 6.90. The highest BCUT2D eigenvalue weighted by Gasteiger charge is 2.13. The third kappa shape index (κ3) is 4.93. The summed E-state index contributed by atoms with van der Waals surface area (Å²) in [5.74, 6) is 0.443. The molecule has 31 heavy (non-hydrogen) atoms. The van der Waals surface area contributed by atoms with Gasteiger partial charge in [0, 0.05) is 13.0 Å². The molecule has 0 saturated carbocycles. The maximum atomic E-state index is 11.6. The van der Waals surface area contributed by atoms with Gasteiger partial charge in [0.15, 0.2) is 5.75 Å². The summed E-state index contributed by atoms with van der Waals surface area (Å²) in [6.45, 7) is 1.72. The zero-order valence-corrected chi connectivity index (χ0v) is 18.2. The number of anilines is 2. The van der Waals surface area contributed by atoms with E-state index in [2.05, 4.69) is 23.5 Å². The monoisotopic (exact) mass is 451 g/mol. The van der Waals surface area contributed by atoms with E-state index in [1.165, 1.54) is 6.92 Å². The van der Waals surface area contributed by atoms with Crippen LogP contribution in [0.1, 0.15) is 12.5 Å². The molecule has 0 amide bonds. The number of carbonyl (C=O) groups is 1. The van der Waals surface area contributed by atoms with E-state index < -0.39 is 5.97 Å². The minimum atomic E-state index is -0.445. The fraction of sp³-hybridized carbons (Fsp3) is 0.0800. The lowest BCUT2D eigenvalue weighted by molar-refractivity contribution is -0.131. The van der Waals surface area contributed by atoms with Crippen molar-refractivity contribution < 1.29 is 14.3 Å². The van der Waals surface area contributed by atoms with Gasteiger partial charge in [-0.25, -0.2) is 0 Å². The Bertz CT molecular complexity index is 1230. The van der Waals surface area contributed by atoms with Gasteiger partial charge in [-0.1, -0.05) is 71.7 Å². The quantitative estimate of drug-likeness (QED) is 0.245. The lowest BCUT2D eigenvalue weighted by atomic mass is 10.1. The van der Waals surface area contributed by atoms with Gasteiger partial charge in [0.25, 0.3) is 0 Å². The van der Waals surface area contributed by atoms with E-state index in [-0.39, 0.29) is 0 Å². The fourth-order valence-corrected chi connectivity index (χ4v) is 3.76. The molecule has 0 bridgehead atoms. The van der Waals surface area contributed by atoms with Crippen LogP contribution in [0, 0.1) is 0 Å². The molecule has 0 unspecified atom stereocenters. The number of esters is 1. The Hall–Kier alpha value is -3.21. The zero-order chi connectivity index (χ0) is 21.8. The van der Waals surface area contributed by atoms with Crippen LogP contribution in [0.5, 0.6) is 11.5 Å². The number of nitrogens with one attached hydrogen (secondary N) is 1. The molecule has 4 rings (SSSR count). The van der Waals surface area contributed by atoms with Crippen molar-refractivity contribution in [3.05, 3.63) is 94.5 Å². The van der Waals surface area contributed by atoms with Gasteiger partial charge in [-0.2, -0.15) is 0 Å². The Balaban J connectivity index is 1.60. The van der Waals surface area contributed by atoms with Crippen LogP contribution in [0.3, 0.4) is 0 Å². The third-order valence-corrected chi connectivity index (χ3v) is 5.33. The van der Waals surface area contributed by atoms with Crippen LogP contribution in [0.2, 0.25) is 10.0 Å². The molecule has 4 aromatic rings. The fourth-order valence-electron chi connectivity index (χ4n) is 3.27. The maximum absolute atomic E-state index is 11.6. The summed E-state index contributed by atoms with van der Waals surface area (Å²) in [6.07, 6.45) is 0. The van der Waals surface area contributed by atoms with Gasteiger partial charge in [0.05, 0.1) is 21.4 Å². The lowest BCUT2D eigenvalue weighted by Gasteiger charge is -2.16. The predicted octanol–water partition coefficient (Wildman–Crippen LogP) is 7.39. The van der Waals surface area contributed by atoms with Crippen molar-refractivity contribution in [1.82, 2.24) is 0 Å².